The van der Waals surface area contributed by atoms with E-state index in [1.165, 1.54) is 5.56 Å². The van der Waals surface area contributed by atoms with Crippen LogP contribution in [0.3, 0.4) is 0 Å². The first-order valence-corrected chi connectivity index (χ1v) is 5.55. The minimum atomic E-state index is -0.742. The van der Waals surface area contributed by atoms with Crippen LogP contribution < -0.4 is 0 Å². The molecule has 0 atom stereocenters. The molecule has 0 unspecified atom stereocenters. The molecular weight excluding hydrogens is 200 g/mol. The van der Waals surface area contributed by atoms with Crippen LogP contribution in [0.4, 0.5) is 0 Å². The van der Waals surface area contributed by atoms with Crippen LogP contribution in [-0.2, 0) is 10.2 Å². The molecule has 88 valence electrons. The SMILES string of the molecule is CC(C)(CC(=O)O)C(C)(C)c1ccccc1. The molecule has 0 amide bonds. The largest absolute Gasteiger partial charge is 0.481 e. The van der Waals surface area contributed by atoms with E-state index in [0.29, 0.717) is 0 Å². The second kappa shape index (κ2) is 4.28. The van der Waals surface area contributed by atoms with Gasteiger partial charge >= 0.3 is 5.97 Å². The van der Waals surface area contributed by atoms with Crippen LogP contribution >= 0.6 is 0 Å². The van der Waals surface area contributed by atoms with Crippen molar-refractivity contribution < 1.29 is 9.90 Å². The normalized spacial score (nSPS) is 12.5. The Labute approximate surface area is 97.3 Å². The van der Waals surface area contributed by atoms with E-state index in [9.17, 15) is 4.79 Å². The summed E-state index contributed by atoms with van der Waals surface area (Å²) >= 11 is 0. The first-order chi connectivity index (χ1) is 7.27. The molecule has 0 heterocycles. The number of carboxylic acid groups (broad SMARTS) is 1. The molecule has 0 radical (unpaired) electrons. The Bertz CT molecular complexity index is 364. The van der Waals surface area contributed by atoms with Crippen molar-refractivity contribution in [2.45, 2.75) is 39.5 Å². The van der Waals surface area contributed by atoms with Gasteiger partial charge in [-0.05, 0) is 16.4 Å². The molecule has 1 aromatic carbocycles. The lowest BCUT2D eigenvalue weighted by Crippen LogP contribution is -2.38. The Kier molecular flexibility index (Phi) is 3.41. The molecule has 16 heavy (non-hydrogen) atoms. The van der Waals surface area contributed by atoms with Gasteiger partial charge in [0.05, 0.1) is 6.42 Å². The van der Waals surface area contributed by atoms with Gasteiger partial charge in [0.25, 0.3) is 0 Å². The lowest BCUT2D eigenvalue weighted by molar-refractivity contribution is -0.140. The molecule has 0 fully saturated rings. The van der Waals surface area contributed by atoms with E-state index >= 15 is 0 Å². The molecule has 2 heteroatoms. The number of hydrogen-bond acceptors (Lipinski definition) is 1. The number of carbonyl (C=O) groups is 1. The van der Waals surface area contributed by atoms with Crippen LogP contribution in [0.2, 0.25) is 0 Å². The molecule has 1 aromatic rings. The van der Waals surface area contributed by atoms with Gasteiger partial charge in [0.1, 0.15) is 0 Å². The molecule has 0 saturated heterocycles. The van der Waals surface area contributed by atoms with Gasteiger partial charge in [-0.3, -0.25) is 4.79 Å². The van der Waals surface area contributed by atoms with E-state index in [1.54, 1.807) is 0 Å². The van der Waals surface area contributed by atoms with E-state index in [0.717, 1.165) is 0 Å². The smallest absolute Gasteiger partial charge is 0.303 e. The molecule has 1 rings (SSSR count). The average molecular weight is 220 g/mol. The van der Waals surface area contributed by atoms with E-state index in [-0.39, 0.29) is 17.3 Å². The van der Waals surface area contributed by atoms with Crippen molar-refractivity contribution in [3.05, 3.63) is 35.9 Å². The summed E-state index contributed by atoms with van der Waals surface area (Å²) in [4.78, 5) is 10.9. The lowest BCUT2D eigenvalue weighted by Gasteiger charge is -2.41. The van der Waals surface area contributed by atoms with Crippen molar-refractivity contribution in [2.24, 2.45) is 5.41 Å². The summed E-state index contributed by atoms with van der Waals surface area (Å²) in [5.74, 6) is -0.742. The van der Waals surface area contributed by atoms with Gasteiger partial charge in [0.15, 0.2) is 0 Å². The zero-order valence-corrected chi connectivity index (χ0v) is 10.4. The molecule has 0 aromatic heterocycles. The van der Waals surface area contributed by atoms with Gasteiger partial charge < -0.3 is 5.11 Å². The third-order valence-electron chi connectivity index (χ3n) is 3.78. The summed E-state index contributed by atoms with van der Waals surface area (Å²) in [7, 11) is 0. The molecule has 0 aliphatic heterocycles. The van der Waals surface area contributed by atoms with Crippen molar-refractivity contribution in [1.82, 2.24) is 0 Å². The summed E-state index contributed by atoms with van der Waals surface area (Å²) in [6.45, 7) is 8.22. The highest BCUT2D eigenvalue weighted by molar-refractivity contribution is 5.68. The van der Waals surface area contributed by atoms with E-state index in [4.69, 9.17) is 5.11 Å². The molecular formula is C14H20O2. The lowest BCUT2D eigenvalue weighted by atomic mass is 9.62. The molecule has 0 aliphatic carbocycles. The Morgan fingerprint density at radius 3 is 2.06 bits per heavy atom. The van der Waals surface area contributed by atoms with Crippen LogP contribution in [0.1, 0.15) is 39.7 Å². The Balaban J connectivity index is 3.05. The van der Waals surface area contributed by atoms with Gasteiger partial charge in [-0.15, -0.1) is 0 Å². The van der Waals surface area contributed by atoms with Gasteiger partial charge in [-0.1, -0.05) is 58.0 Å². The maximum atomic E-state index is 10.9. The minimum absolute atomic E-state index is 0.160. The van der Waals surface area contributed by atoms with Crippen molar-refractivity contribution in [3.63, 3.8) is 0 Å². The van der Waals surface area contributed by atoms with E-state index in [2.05, 4.69) is 26.0 Å². The number of hydrogen-bond donors (Lipinski definition) is 1. The second-order valence-corrected chi connectivity index (χ2v) is 5.45. The van der Waals surface area contributed by atoms with Crippen LogP contribution in [0, 0.1) is 5.41 Å². The molecule has 0 saturated carbocycles. The Morgan fingerprint density at radius 2 is 1.62 bits per heavy atom. The standard InChI is InChI=1S/C14H20O2/c1-13(2,10-12(15)16)14(3,4)11-8-6-5-7-9-11/h5-9H,10H2,1-4H3,(H,15,16). The van der Waals surface area contributed by atoms with Crippen LogP contribution in [0.15, 0.2) is 30.3 Å². The number of benzene rings is 1. The van der Waals surface area contributed by atoms with Gasteiger partial charge in [0.2, 0.25) is 0 Å². The monoisotopic (exact) mass is 220 g/mol. The molecule has 0 aliphatic rings. The van der Waals surface area contributed by atoms with Crippen LogP contribution in [0.25, 0.3) is 0 Å². The first-order valence-electron chi connectivity index (χ1n) is 5.55. The fourth-order valence-electron chi connectivity index (χ4n) is 1.84. The third kappa shape index (κ3) is 2.43. The summed E-state index contributed by atoms with van der Waals surface area (Å²) in [5.41, 5.74) is 0.744. The van der Waals surface area contributed by atoms with Gasteiger partial charge in [-0.2, -0.15) is 0 Å². The highest BCUT2D eigenvalue weighted by Gasteiger charge is 2.39. The third-order valence-corrected chi connectivity index (χ3v) is 3.78. The van der Waals surface area contributed by atoms with Crippen molar-refractivity contribution in [3.8, 4) is 0 Å². The number of rotatable bonds is 4. The Morgan fingerprint density at radius 1 is 1.12 bits per heavy atom. The highest BCUT2D eigenvalue weighted by atomic mass is 16.4. The molecule has 0 spiro atoms. The van der Waals surface area contributed by atoms with Crippen molar-refractivity contribution in [2.75, 3.05) is 0 Å². The van der Waals surface area contributed by atoms with Crippen LogP contribution in [-0.4, -0.2) is 11.1 Å². The molecule has 2 nitrogen and oxygen atoms in total. The summed E-state index contributed by atoms with van der Waals surface area (Å²) < 4.78 is 0. The van der Waals surface area contributed by atoms with Crippen molar-refractivity contribution >= 4 is 5.97 Å². The number of aliphatic carboxylic acids is 1. The topological polar surface area (TPSA) is 37.3 Å². The van der Waals surface area contributed by atoms with Crippen LogP contribution in [0.5, 0.6) is 0 Å². The fourth-order valence-corrected chi connectivity index (χ4v) is 1.84. The van der Waals surface area contributed by atoms with Crippen molar-refractivity contribution in [1.29, 1.82) is 0 Å². The second-order valence-electron chi connectivity index (χ2n) is 5.45. The zero-order chi connectivity index (χ0) is 12.4. The predicted octanol–water partition coefficient (Wildman–Crippen LogP) is 3.47. The molecule has 1 N–H and O–H groups in total. The van der Waals surface area contributed by atoms with E-state index in [1.807, 2.05) is 32.0 Å². The quantitative estimate of drug-likeness (QED) is 0.843. The zero-order valence-electron chi connectivity index (χ0n) is 10.4. The maximum Gasteiger partial charge on any atom is 0.303 e. The fraction of sp³-hybridized carbons (Fsp3) is 0.500. The first kappa shape index (κ1) is 12.8. The average Bonchev–Trinajstić information content (AvgIpc) is 2.17. The van der Waals surface area contributed by atoms with E-state index < -0.39 is 5.97 Å². The maximum absolute atomic E-state index is 10.9. The summed E-state index contributed by atoms with van der Waals surface area (Å²) in [5, 5.41) is 8.96. The Hall–Kier alpha value is -1.31. The number of carboxylic acids is 1. The molecule has 0 bridgehead atoms. The summed E-state index contributed by atoms with van der Waals surface area (Å²) in [6.07, 6.45) is 0.175. The minimum Gasteiger partial charge on any atom is -0.481 e. The van der Waals surface area contributed by atoms with Gasteiger partial charge in [0, 0.05) is 0 Å². The van der Waals surface area contributed by atoms with Gasteiger partial charge in [-0.25, -0.2) is 0 Å². The predicted molar refractivity (Wildman–Crippen MR) is 65.5 cm³/mol. The summed E-state index contributed by atoms with van der Waals surface area (Å²) in [6, 6.07) is 10.1. The highest BCUT2D eigenvalue weighted by Crippen LogP contribution is 2.43.